The highest BCUT2D eigenvalue weighted by Gasteiger charge is 2.24. The van der Waals surface area contributed by atoms with Gasteiger partial charge in [0.05, 0.1) is 0 Å². The fourth-order valence-electron chi connectivity index (χ4n) is 6.86. The van der Waals surface area contributed by atoms with Gasteiger partial charge in [0.25, 0.3) is 0 Å². The molecule has 1 heterocycles. The Hall–Kier alpha value is -4.62. The van der Waals surface area contributed by atoms with Crippen LogP contribution in [-0.2, 0) is 0 Å². The van der Waals surface area contributed by atoms with Crippen molar-refractivity contribution in [3.63, 3.8) is 0 Å². The standard InChI is InChI=1S/C38H16B8O/c39-31-27-25(18-6-2-1-3-7-18)28-30(34(42)38(46)36(44)32(28)40)26(29(27)33(41)37(45)35(31)43)19-12-10-17(11-13-19)20-14-15-24-22(16-20)21-8-4-5-9-23(21)47-24/h1-16H. The van der Waals surface area contributed by atoms with Crippen molar-refractivity contribution in [3.05, 3.63) is 97.1 Å². The van der Waals surface area contributed by atoms with Gasteiger partial charge in [-0.1, -0.05) is 101 Å². The van der Waals surface area contributed by atoms with E-state index in [1.807, 2.05) is 84.9 Å². The highest BCUT2D eigenvalue weighted by molar-refractivity contribution is 6.71. The van der Waals surface area contributed by atoms with Gasteiger partial charge < -0.3 is 4.42 Å². The maximum atomic E-state index is 6.83. The Kier molecular flexibility index (Phi) is 6.95. The minimum atomic E-state index is 0.182. The molecule has 1 aromatic heterocycles. The zero-order valence-electron chi connectivity index (χ0n) is 25.3. The second kappa shape index (κ2) is 11.0. The van der Waals surface area contributed by atoms with Crippen LogP contribution in [0.3, 0.4) is 0 Å². The van der Waals surface area contributed by atoms with Gasteiger partial charge in [-0.3, -0.25) is 0 Å². The Labute approximate surface area is 283 Å². The van der Waals surface area contributed by atoms with Gasteiger partial charge in [-0.2, -0.15) is 0 Å². The predicted octanol–water partition coefficient (Wildman–Crippen LogP) is 1.24. The molecule has 47 heavy (non-hydrogen) atoms. The molecule has 0 aliphatic heterocycles. The van der Waals surface area contributed by atoms with Gasteiger partial charge in [0.1, 0.15) is 73.9 Å². The molecule has 0 amide bonds. The summed E-state index contributed by atoms with van der Waals surface area (Å²) in [5.41, 5.74) is 8.52. The molecule has 0 unspecified atom stereocenters. The smallest absolute Gasteiger partial charge is 0.135 e. The molecule has 16 radical (unpaired) electrons. The minimum absolute atomic E-state index is 0.182. The van der Waals surface area contributed by atoms with E-state index in [2.05, 4.69) is 12.1 Å². The van der Waals surface area contributed by atoms with Crippen LogP contribution in [0.5, 0.6) is 0 Å². The van der Waals surface area contributed by atoms with Gasteiger partial charge in [0.2, 0.25) is 0 Å². The first-order valence-electron chi connectivity index (χ1n) is 15.0. The first-order valence-corrected chi connectivity index (χ1v) is 15.0. The summed E-state index contributed by atoms with van der Waals surface area (Å²) >= 11 is 0. The summed E-state index contributed by atoms with van der Waals surface area (Å²) < 4.78 is 6.04. The van der Waals surface area contributed by atoms with E-state index in [0.29, 0.717) is 32.7 Å². The van der Waals surface area contributed by atoms with E-state index in [-0.39, 0.29) is 43.7 Å². The van der Waals surface area contributed by atoms with E-state index in [1.54, 1.807) is 0 Å². The van der Waals surface area contributed by atoms with Crippen LogP contribution in [0.1, 0.15) is 0 Å². The molecule has 198 valence electrons. The topological polar surface area (TPSA) is 13.1 Å². The number of fused-ring (bicyclic) bond motifs is 5. The lowest BCUT2D eigenvalue weighted by atomic mass is 9.59. The van der Waals surface area contributed by atoms with Crippen molar-refractivity contribution in [3.8, 4) is 33.4 Å². The number of hydrogen-bond donors (Lipinski definition) is 0. The summed E-state index contributed by atoms with van der Waals surface area (Å²) in [6.07, 6.45) is 0. The average Bonchev–Trinajstić information content (AvgIpc) is 3.48. The van der Waals surface area contributed by atoms with Crippen LogP contribution >= 0.6 is 0 Å². The highest BCUT2D eigenvalue weighted by atomic mass is 16.3. The Bertz CT molecular complexity index is 2510. The maximum Gasteiger partial charge on any atom is 0.135 e. The van der Waals surface area contributed by atoms with Crippen molar-refractivity contribution in [1.82, 2.24) is 0 Å². The van der Waals surface area contributed by atoms with Crippen LogP contribution in [0.2, 0.25) is 0 Å². The lowest BCUT2D eigenvalue weighted by Gasteiger charge is -2.28. The monoisotopic (exact) mass is 576 g/mol. The maximum absolute atomic E-state index is 6.83. The van der Waals surface area contributed by atoms with E-state index >= 15 is 0 Å². The highest BCUT2D eigenvalue weighted by Crippen LogP contribution is 2.41. The molecule has 0 bridgehead atoms. The Morgan fingerprint density at radius 2 is 0.723 bits per heavy atom. The van der Waals surface area contributed by atoms with Crippen LogP contribution in [0.25, 0.3) is 76.9 Å². The van der Waals surface area contributed by atoms with Gasteiger partial charge >= 0.3 is 0 Å². The second-order valence-corrected chi connectivity index (χ2v) is 11.8. The summed E-state index contributed by atoms with van der Waals surface area (Å²) in [5, 5.41) is 4.49. The van der Waals surface area contributed by atoms with E-state index in [9.17, 15) is 0 Å². The van der Waals surface area contributed by atoms with Crippen LogP contribution in [0, 0.1) is 0 Å². The Morgan fingerprint density at radius 3 is 1.26 bits per heavy atom. The number of furan rings is 1. The molecule has 1 nitrogen and oxygen atoms in total. The molecule has 0 aliphatic rings. The minimum Gasteiger partial charge on any atom is -0.456 e. The predicted molar refractivity (Wildman–Crippen MR) is 208 cm³/mol. The second-order valence-electron chi connectivity index (χ2n) is 11.8. The largest absolute Gasteiger partial charge is 0.456 e. The molecule has 7 aromatic carbocycles. The Morgan fingerprint density at radius 1 is 0.319 bits per heavy atom. The summed E-state index contributed by atoms with van der Waals surface area (Å²) in [6, 6.07) is 32.0. The Balaban J connectivity index is 1.47. The lowest BCUT2D eigenvalue weighted by Crippen LogP contribution is -2.50. The third kappa shape index (κ3) is 4.36. The molecule has 8 rings (SSSR count). The summed E-state index contributed by atoms with van der Waals surface area (Å²) in [6.45, 7) is 0. The number of benzene rings is 7. The summed E-state index contributed by atoms with van der Waals surface area (Å²) in [5.74, 6) is 0. The molecule has 0 saturated heterocycles. The van der Waals surface area contributed by atoms with Crippen molar-refractivity contribution >= 4 is 150 Å². The molecular weight excluding hydrogens is 559 g/mol. The zero-order valence-corrected chi connectivity index (χ0v) is 25.3. The van der Waals surface area contributed by atoms with Crippen molar-refractivity contribution in [2.75, 3.05) is 0 Å². The third-order valence-corrected chi connectivity index (χ3v) is 9.26. The van der Waals surface area contributed by atoms with E-state index in [1.165, 1.54) is 0 Å². The van der Waals surface area contributed by atoms with E-state index in [0.717, 1.165) is 44.2 Å². The fourth-order valence-corrected chi connectivity index (χ4v) is 6.86. The SMILES string of the molecule is [B]c1c([B])c([B])c2c(-c3ccc(-c4ccc5oc6ccccc6c5c4)cc3)c3c([B])c([B])c([B])c([B])c3c(-c3ccccc3)c2c1[B]. The van der Waals surface area contributed by atoms with Crippen molar-refractivity contribution in [2.24, 2.45) is 0 Å². The summed E-state index contributed by atoms with van der Waals surface area (Å²) in [4.78, 5) is 0. The molecular formula is C38H16B8O. The van der Waals surface area contributed by atoms with Crippen LogP contribution in [0.15, 0.2) is 101 Å². The number of hydrogen-bond acceptors (Lipinski definition) is 1. The van der Waals surface area contributed by atoms with Gasteiger partial charge in [-0.05, 0) is 73.1 Å². The van der Waals surface area contributed by atoms with Crippen LogP contribution in [0.4, 0.5) is 0 Å². The van der Waals surface area contributed by atoms with Gasteiger partial charge in [-0.15, -0.1) is 21.9 Å². The lowest BCUT2D eigenvalue weighted by molar-refractivity contribution is 0.669. The fraction of sp³-hybridized carbons (Fsp3) is 0. The average molecular weight is 575 g/mol. The third-order valence-electron chi connectivity index (χ3n) is 9.26. The van der Waals surface area contributed by atoms with Crippen molar-refractivity contribution in [1.29, 1.82) is 0 Å². The summed E-state index contributed by atoms with van der Waals surface area (Å²) in [7, 11) is 53.2. The molecule has 0 fully saturated rings. The molecule has 0 N–H and O–H groups in total. The quantitative estimate of drug-likeness (QED) is 0.229. The first kappa shape index (κ1) is 29.8. The van der Waals surface area contributed by atoms with E-state index < -0.39 is 0 Å². The van der Waals surface area contributed by atoms with Gasteiger partial charge in [0.15, 0.2) is 0 Å². The van der Waals surface area contributed by atoms with Crippen LogP contribution < -0.4 is 43.7 Å². The molecule has 0 aliphatic carbocycles. The van der Waals surface area contributed by atoms with Crippen LogP contribution in [-0.4, -0.2) is 62.8 Å². The van der Waals surface area contributed by atoms with Gasteiger partial charge in [0, 0.05) is 10.8 Å². The molecule has 9 heteroatoms. The number of para-hydroxylation sites is 1. The van der Waals surface area contributed by atoms with Gasteiger partial charge in [-0.25, -0.2) is 0 Å². The molecule has 0 atom stereocenters. The first-order chi connectivity index (χ1) is 22.7. The molecule has 0 saturated carbocycles. The molecule has 8 aromatic rings. The van der Waals surface area contributed by atoms with E-state index in [4.69, 9.17) is 67.2 Å². The van der Waals surface area contributed by atoms with Crippen molar-refractivity contribution in [2.45, 2.75) is 0 Å². The normalized spacial score (nSPS) is 11.7. The zero-order chi connectivity index (χ0) is 32.7. The van der Waals surface area contributed by atoms with Crippen molar-refractivity contribution < 1.29 is 4.42 Å². The molecule has 0 spiro atoms. The number of rotatable bonds is 3.